The molecule has 9 heteroatoms. The van der Waals surface area contributed by atoms with Crippen LogP contribution in [0.25, 0.3) is 5.69 Å². The zero-order valence-corrected chi connectivity index (χ0v) is 14.3. The van der Waals surface area contributed by atoms with Crippen molar-refractivity contribution < 1.29 is 28.2 Å². The van der Waals surface area contributed by atoms with Crippen LogP contribution in [0.2, 0.25) is 5.02 Å². The Morgan fingerprint density at radius 3 is 2.41 bits per heavy atom. The van der Waals surface area contributed by atoms with Crippen molar-refractivity contribution >= 4 is 17.6 Å². The average Bonchev–Trinajstić information content (AvgIpc) is 3.11. The van der Waals surface area contributed by atoms with Crippen LogP contribution in [0.5, 0.6) is 5.75 Å². The van der Waals surface area contributed by atoms with Crippen molar-refractivity contribution in [2.24, 2.45) is 0 Å². The molecular weight excluding hydrogens is 385 g/mol. The van der Waals surface area contributed by atoms with Crippen LogP contribution in [-0.2, 0) is 12.6 Å². The third-order valence-electron chi connectivity index (χ3n) is 3.94. The van der Waals surface area contributed by atoms with E-state index in [1.807, 2.05) is 0 Å². The summed E-state index contributed by atoms with van der Waals surface area (Å²) < 4.78 is 41.8. The first-order chi connectivity index (χ1) is 12.7. The number of carbonyl (C=O) groups is 1. The molecule has 0 atom stereocenters. The molecule has 2 aromatic carbocycles. The fourth-order valence-electron chi connectivity index (χ4n) is 2.71. The molecule has 0 aliphatic heterocycles. The van der Waals surface area contributed by atoms with Gasteiger partial charge in [0.2, 0.25) is 0 Å². The number of halogens is 4. The standard InChI is InChI=1S/C18H12ClF3N2O3/c19-15-14(18(20,21)22)11(9-13(16(15)25)17(26)27)8-10-2-4-12(5-3-10)24-7-1-6-23-24/h1-7,9,25H,8H2,(H,26,27). The van der Waals surface area contributed by atoms with Gasteiger partial charge >= 0.3 is 12.1 Å². The number of phenols is 1. The second kappa shape index (κ2) is 6.96. The second-order valence-electron chi connectivity index (χ2n) is 5.72. The van der Waals surface area contributed by atoms with Gasteiger partial charge in [0, 0.05) is 12.4 Å². The summed E-state index contributed by atoms with van der Waals surface area (Å²) in [5.41, 5.74) is -1.04. The molecule has 0 saturated heterocycles. The molecule has 0 unspecified atom stereocenters. The van der Waals surface area contributed by atoms with Crippen LogP contribution in [0, 0.1) is 0 Å². The highest BCUT2D eigenvalue weighted by molar-refractivity contribution is 6.33. The number of carboxylic acid groups (broad SMARTS) is 1. The van der Waals surface area contributed by atoms with Crippen LogP contribution in [0.15, 0.2) is 48.8 Å². The van der Waals surface area contributed by atoms with Crippen LogP contribution < -0.4 is 0 Å². The molecule has 27 heavy (non-hydrogen) atoms. The Labute approximate surface area is 156 Å². The van der Waals surface area contributed by atoms with E-state index in [0.29, 0.717) is 5.56 Å². The third kappa shape index (κ3) is 3.75. The van der Waals surface area contributed by atoms with Crippen LogP contribution in [-0.4, -0.2) is 26.0 Å². The molecule has 0 aliphatic rings. The predicted molar refractivity (Wildman–Crippen MR) is 91.4 cm³/mol. The van der Waals surface area contributed by atoms with E-state index in [4.69, 9.17) is 16.7 Å². The smallest absolute Gasteiger partial charge is 0.418 e. The summed E-state index contributed by atoms with van der Waals surface area (Å²) in [6.45, 7) is 0. The Balaban J connectivity index is 2.04. The lowest BCUT2D eigenvalue weighted by atomic mass is 9.96. The summed E-state index contributed by atoms with van der Waals surface area (Å²) in [6, 6.07) is 9.10. The number of rotatable bonds is 4. The highest BCUT2D eigenvalue weighted by Crippen LogP contribution is 2.43. The zero-order chi connectivity index (χ0) is 19.8. The number of alkyl halides is 3. The van der Waals surface area contributed by atoms with Gasteiger partial charge in [0.05, 0.1) is 16.3 Å². The molecule has 1 heterocycles. The number of hydrogen-bond acceptors (Lipinski definition) is 3. The second-order valence-corrected chi connectivity index (χ2v) is 6.10. The highest BCUT2D eigenvalue weighted by Gasteiger charge is 2.38. The molecule has 0 saturated carbocycles. The average molecular weight is 397 g/mol. The van der Waals surface area contributed by atoms with Gasteiger partial charge in [0.25, 0.3) is 0 Å². The van der Waals surface area contributed by atoms with Crippen molar-refractivity contribution in [3.05, 3.63) is 76.1 Å². The largest absolute Gasteiger partial charge is 0.505 e. The molecule has 2 N–H and O–H groups in total. The van der Waals surface area contributed by atoms with E-state index < -0.39 is 34.0 Å². The predicted octanol–water partition coefficient (Wildman–Crippen LogP) is 4.54. The van der Waals surface area contributed by atoms with Crippen molar-refractivity contribution in [2.75, 3.05) is 0 Å². The van der Waals surface area contributed by atoms with E-state index in [2.05, 4.69) is 5.10 Å². The number of aromatic nitrogens is 2. The SMILES string of the molecule is O=C(O)c1cc(Cc2ccc(-n3cccn3)cc2)c(C(F)(F)F)c(Cl)c1O. The van der Waals surface area contributed by atoms with Gasteiger partial charge in [0.15, 0.2) is 0 Å². The van der Waals surface area contributed by atoms with Crippen molar-refractivity contribution in [3.63, 3.8) is 0 Å². The van der Waals surface area contributed by atoms with Crippen molar-refractivity contribution in [2.45, 2.75) is 12.6 Å². The quantitative estimate of drug-likeness (QED) is 0.679. The summed E-state index contributed by atoms with van der Waals surface area (Å²) in [7, 11) is 0. The summed E-state index contributed by atoms with van der Waals surface area (Å²) in [5.74, 6) is -2.67. The topological polar surface area (TPSA) is 75.3 Å². The van der Waals surface area contributed by atoms with Crippen LogP contribution in [0.1, 0.15) is 27.0 Å². The van der Waals surface area contributed by atoms with Gasteiger partial charge in [-0.3, -0.25) is 0 Å². The maximum atomic E-state index is 13.4. The van der Waals surface area contributed by atoms with E-state index in [1.165, 1.54) is 0 Å². The minimum absolute atomic E-state index is 0.214. The van der Waals surface area contributed by atoms with Crippen molar-refractivity contribution in [1.29, 1.82) is 0 Å². The summed E-state index contributed by atoms with van der Waals surface area (Å²) >= 11 is 5.65. The first kappa shape index (κ1) is 18.8. The number of aromatic hydroxyl groups is 1. The normalized spacial score (nSPS) is 11.6. The minimum atomic E-state index is -4.85. The fourth-order valence-corrected chi connectivity index (χ4v) is 3.04. The van der Waals surface area contributed by atoms with E-state index in [-0.39, 0.29) is 12.0 Å². The van der Waals surface area contributed by atoms with Crippen LogP contribution in [0.4, 0.5) is 13.2 Å². The molecule has 0 spiro atoms. The van der Waals surface area contributed by atoms with Gasteiger partial charge in [0.1, 0.15) is 11.3 Å². The van der Waals surface area contributed by atoms with Gasteiger partial charge < -0.3 is 10.2 Å². The molecule has 5 nitrogen and oxygen atoms in total. The van der Waals surface area contributed by atoms with Crippen molar-refractivity contribution in [1.82, 2.24) is 9.78 Å². The van der Waals surface area contributed by atoms with Gasteiger partial charge in [-0.15, -0.1) is 0 Å². The Hall–Kier alpha value is -3.00. The zero-order valence-electron chi connectivity index (χ0n) is 13.5. The molecule has 3 aromatic rings. The molecule has 140 valence electrons. The van der Waals surface area contributed by atoms with Crippen LogP contribution in [0.3, 0.4) is 0 Å². The Morgan fingerprint density at radius 2 is 1.89 bits per heavy atom. The van der Waals surface area contributed by atoms with Gasteiger partial charge in [-0.05, 0) is 41.8 Å². The van der Waals surface area contributed by atoms with E-state index >= 15 is 0 Å². The van der Waals surface area contributed by atoms with E-state index in [0.717, 1.165) is 11.8 Å². The molecule has 0 amide bonds. The molecule has 3 rings (SSSR count). The number of carboxylic acids is 1. The van der Waals surface area contributed by atoms with Gasteiger partial charge in [-0.1, -0.05) is 23.7 Å². The number of benzene rings is 2. The minimum Gasteiger partial charge on any atom is -0.505 e. The maximum absolute atomic E-state index is 13.4. The molecule has 0 bridgehead atoms. The number of hydrogen-bond donors (Lipinski definition) is 2. The summed E-state index contributed by atoms with van der Waals surface area (Å²) in [4.78, 5) is 11.2. The van der Waals surface area contributed by atoms with Crippen LogP contribution >= 0.6 is 11.6 Å². The maximum Gasteiger partial charge on any atom is 0.418 e. The third-order valence-corrected chi connectivity index (χ3v) is 4.30. The van der Waals surface area contributed by atoms with E-state index in [1.54, 1.807) is 47.4 Å². The molecule has 0 aliphatic carbocycles. The van der Waals surface area contributed by atoms with Gasteiger partial charge in [-0.25, -0.2) is 9.48 Å². The highest BCUT2D eigenvalue weighted by atomic mass is 35.5. The van der Waals surface area contributed by atoms with E-state index in [9.17, 15) is 23.1 Å². The monoisotopic (exact) mass is 396 g/mol. The summed E-state index contributed by atoms with van der Waals surface area (Å²) in [5, 5.41) is 21.9. The molecule has 0 radical (unpaired) electrons. The lowest BCUT2D eigenvalue weighted by molar-refractivity contribution is -0.138. The lowest BCUT2D eigenvalue weighted by Gasteiger charge is -2.17. The molecular formula is C18H12ClF3N2O3. The number of nitrogens with zero attached hydrogens (tertiary/aromatic N) is 2. The Morgan fingerprint density at radius 1 is 1.22 bits per heavy atom. The lowest BCUT2D eigenvalue weighted by Crippen LogP contribution is -2.13. The molecule has 0 fully saturated rings. The van der Waals surface area contributed by atoms with Crippen molar-refractivity contribution in [3.8, 4) is 11.4 Å². The number of aromatic carboxylic acids is 1. The first-order valence-corrected chi connectivity index (χ1v) is 8.00. The fraction of sp³-hybridized carbons (Fsp3) is 0.111. The first-order valence-electron chi connectivity index (χ1n) is 7.62. The summed E-state index contributed by atoms with van der Waals surface area (Å²) in [6.07, 6.45) is -1.75. The van der Waals surface area contributed by atoms with Gasteiger partial charge in [-0.2, -0.15) is 18.3 Å². The Kier molecular flexibility index (Phi) is 4.84. The Bertz CT molecular complexity index is 985. The molecule has 1 aromatic heterocycles.